The molecule has 3 nitrogen and oxygen atoms in total. The summed E-state index contributed by atoms with van der Waals surface area (Å²) in [5.74, 6) is 1.62. The molecule has 0 saturated carbocycles. The summed E-state index contributed by atoms with van der Waals surface area (Å²) in [5, 5.41) is 3.68. The molecule has 3 heteroatoms. The van der Waals surface area contributed by atoms with Crippen LogP contribution in [0.1, 0.15) is 13.8 Å². The fourth-order valence-corrected chi connectivity index (χ4v) is 1.38. The van der Waals surface area contributed by atoms with Gasteiger partial charge in [0.05, 0.1) is 6.20 Å². The number of ether oxygens (including phenoxy) is 1. The quantitative estimate of drug-likeness (QED) is 0.750. The number of aromatic nitrogens is 1. The maximum Gasteiger partial charge on any atom is 0.166 e. The van der Waals surface area contributed by atoms with E-state index in [1.807, 2.05) is 36.4 Å². The van der Waals surface area contributed by atoms with Crippen LogP contribution in [0.15, 0.2) is 52.7 Å². The summed E-state index contributed by atoms with van der Waals surface area (Å²) in [6.45, 7) is 4.71. The zero-order valence-electron chi connectivity index (χ0n) is 10.0. The van der Waals surface area contributed by atoms with Gasteiger partial charge in [-0.2, -0.15) is 0 Å². The van der Waals surface area contributed by atoms with Crippen LogP contribution in [-0.2, 0) is 0 Å². The zero-order valence-corrected chi connectivity index (χ0v) is 10.0. The molecule has 1 heterocycles. The second kappa shape index (κ2) is 5.34. The van der Waals surface area contributed by atoms with Crippen molar-refractivity contribution in [3.8, 4) is 17.1 Å². The average Bonchev–Trinajstić information content (AvgIpc) is 2.83. The van der Waals surface area contributed by atoms with Crippen molar-refractivity contribution in [3.63, 3.8) is 0 Å². The lowest BCUT2D eigenvalue weighted by atomic mass is 10.2. The first-order valence-corrected chi connectivity index (χ1v) is 5.53. The summed E-state index contributed by atoms with van der Waals surface area (Å²) in [4.78, 5) is 0. The van der Waals surface area contributed by atoms with E-state index in [2.05, 4.69) is 19.0 Å². The summed E-state index contributed by atoms with van der Waals surface area (Å²) >= 11 is 0. The Kier molecular flexibility index (Phi) is 3.60. The van der Waals surface area contributed by atoms with Gasteiger partial charge in [0.1, 0.15) is 12.4 Å². The lowest BCUT2D eigenvalue weighted by molar-refractivity contribution is 0.362. The first-order chi connectivity index (χ1) is 8.25. The van der Waals surface area contributed by atoms with Gasteiger partial charge in [0.25, 0.3) is 0 Å². The molecule has 0 saturated heterocycles. The summed E-state index contributed by atoms with van der Waals surface area (Å²) < 4.78 is 10.6. The van der Waals surface area contributed by atoms with Gasteiger partial charge in [-0.05, 0) is 44.2 Å². The molecule has 0 radical (unpaired) electrons. The minimum absolute atomic E-state index is 0.601. The van der Waals surface area contributed by atoms with E-state index >= 15 is 0 Å². The van der Waals surface area contributed by atoms with Gasteiger partial charge in [-0.25, -0.2) is 0 Å². The summed E-state index contributed by atoms with van der Waals surface area (Å²) in [5.41, 5.74) is 2.25. The third-order valence-corrected chi connectivity index (χ3v) is 2.32. The minimum atomic E-state index is 0.601. The highest BCUT2D eigenvalue weighted by Crippen LogP contribution is 2.21. The maximum absolute atomic E-state index is 5.57. The maximum atomic E-state index is 5.57. The van der Waals surface area contributed by atoms with Crippen LogP contribution in [0.4, 0.5) is 0 Å². The second-order valence-electron chi connectivity index (χ2n) is 3.99. The van der Waals surface area contributed by atoms with E-state index < -0.39 is 0 Å². The predicted octanol–water partition coefficient (Wildman–Crippen LogP) is 3.69. The third-order valence-electron chi connectivity index (χ3n) is 2.32. The van der Waals surface area contributed by atoms with Gasteiger partial charge >= 0.3 is 0 Å². The predicted molar refractivity (Wildman–Crippen MR) is 66.9 cm³/mol. The Labute approximate surface area is 101 Å². The molecule has 17 heavy (non-hydrogen) atoms. The van der Waals surface area contributed by atoms with Gasteiger partial charge in [0.15, 0.2) is 5.76 Å². The molecule has 0 amide bonds. The molecule has 0 atom stereocenters. The lowest BCUT2D eigenvalue weighted by Crippen LogP contribution is -1.93. The third kappa shape index (κ3) is 3.21. The van der Waals surface area contributed by atoms with Crippen molar-refractivity contribution in [2.45, 2.75) is 13.8 Å². The molecule has 1 aromatic carbocycles. The smallest absolute Gasteiger partial charge is 0.166 e. The molecule has 0 unspecified atom stereocenters. The molecule has 0 bridgehead atoms. The molecule has 0 spiro atoms. The van der Waals surface area contributed by atoms with E-state index in [0.29, 0.717) is 6.61 Å². The Hall–Kier alpha value is -2.03. The molecule has 0 fully saturated rings. The molecular formula is C14H15NO2. The molecular weight excluding hydrogens is 214 g/mol. The van der Waals surface area contributed by atoms with E-state index in [4.69, 9.17) is 9.26 Å². The van der Waals surface area contributed by atoms with E-state index in [-0.39, 0.29) is 0 Å². The summed E-state index contributed by atoms with van der Waals surface area (Å²) in [6, 6.07) is 9.60. The van der Waals surface area contributed by atoms with Crippen LogP contribution < -0.4 is 4.74 Å². The highest BCUT2D eigenvalue weighted by atomic mass is 16.5. The van der Waals surface area contributed by atoms with Crippen molar-refractivity contribution in [1.29, 1.82) is 0 Å². The normalized spacial score (nSPS) is 10.0. The highest BCUT2D eigenvalue weighted by molar-refractivity contribution is 5.57. The van der Waals surface area contributed by atoms with Crippen LogP contribution in [0.3, 0.4) is 0 Å². The van der Waals surface area contributed by atoms with E-state index in [0.717, 1.165) is 17.1 Å². The molecule has 0 aliphatic rings. The second-order valence-corrected chi connectivity index (χ2v) is 3.99. The SMILES string of the molecule is CC(C)=CCOc1ccc(-c2ccno2)cc1. The van der Waals surface area contributed by atoms with Crippen LogP contribution >= 0.6 is 0 Å². The van der Waals surface area contributed by atoms with Gasteiger partial charge in [-0.3, -0.25) is 0 Å². The van der Waals surface area contributed by atoms with Crippen LogP contribution in [0.5, 0.6) is 5.75 Å². The van der Waals surface area contributed by atoms with Gasteiger partial charge < -0.3 is 9.26 Å². The van der Waals surface area contributed by atoms with Gasteiger partial charge in [0.2, 0.25) is 0 Å². The van der Waals surface area contributed by atoms with Crippen molar-refractivity contribution in [2.24, 2.45) is 0 Å². The van der Waals surface area contributed by atoms with E-state index in [1.165, 1.54) is 5.57 Å². The van der Waals surface area contributed by atoms with Crippen LogP contribution in [0, 0.1) is 0 Å². The highest BCUT2D eigenvalue weighted by Gasteiger charge is 2.01. The van der Waals surface area contributed by atoms with Crippen LogP contribution in [0.2, 0.25) is 0 Å². The van der Waals surface area contributed by atoms with E-state index in [9.17, 15) is 0 Å². The topological polar surface area (TPSA) is 35.3 Å². The fraction of sp³-hybridized carbons (Fsp3) is 0.214. The average molecular weight is 229 g/mol. The van der Waals surface area contributed by atoms with Crippen LogP contribution in [-0.4, -0.2) is 11.8 Å². The van der Waals surface area contributed by atoms with Crippen molar-refractivity contribution >= 4 is 0 Å². The number of nitrogens with zero attached hydrogens (tertiary/aromatic N) is 1. The van der Waals surface area contributed by atoms with Crippen LogP contribution in [0.25, 0.3) is 11.3 Å². The molecule has 88 valence electrons. The number of benzene rings is 1. The summed E-state index contributed by atoms with van der Waals surface area (Å²) in [7, 11) is 0. The molecule has 0 aliphatic carbocycles. The van der Waals surface area contributed by atoms with Crippen molar-refractivity contribution in [2.75, 3.05) is 6.61 Å². The Morgan fingerprint density at radius 2 is 2.00 bits per heavy atom. The zero-order chi connectivity index (χ0) is 12.1. The van der Waals surface area contributed by atoms with Crippen molar-refractivity contribution in [3.05, 3.63) is 48.2 Å². The minimum Gasteiger partial charge on any atom is -0.490 e. The Bertz CT molecular complexity index is 479. The van der Waals surface area contributed by atoms with Crippen molar-refractivity contribution < 1.29 is 9.26 Å². The molecule has 0 aliphatic heterocycles. The molecule has 2 rings (SSSR count). The first kappa shape index (κ1) is 11.5. The molecule has 1 aromatic heterocycles. The Morgan fingerprint density at radius 1 is 1.24 bits per heavy atom. The Morgan fingerprint density at radius 3 is 2.59 bits per heavy atom. The van der Waals surface area contributed by atoms with Gasteiger partial charge in [0, 0.05) is 11.6 Å². The van der Waals surface area contributed by atoms with E-state index in [1.54, 1.807) is 6.20 Å². The van der Waals surface area contributed by atoms with Gasteiger partial charge in [-0.1, -0.05) is 10.7 Å². The standard InChI is InChI=1S/C14H15NO2/c1-11(2)8-10-16-13-5-3-12(4-6-13)14-7-9-15-17-14/h3-9H,10H2,1-2H3. The fourth-order valence-electron chi connectivity index (χ4n) is 1.38. The number of allylic oxidation sites excluding steroid dienone is 1. The number of rotatable bonds is 4. The first-order valence-electron chi connectivity index (χ1n) is 5.53. The lowest BCUT2D eigenvalue weighted by Gasteiger charge is -2.04. The van der Waals surface area contributed by atoms with Gasteiger partial charge in [-0.15, -0.1) is 0 Å². The summed E-state index contributed by atoms with van der Waals surface area (Å²) in [6.07, 6.45) is 3.68. The largest absolute Gasteiger partial charge is 0.490 e. The number of hydrogen-bond acceptors (Lipinski definition) is 3. The van der Waals surface area contributed by atoms with Crippen molar-refractivity contribution in [1.82, 2.24) is 5.16 Å². The monoisotopic (exact) mass is 229 g/mol. The number of hydrogen-bond donors (Lipinski definition) is 0. The molecule has 0 N–H and O–H groups in total. The Balaban J connectivity index is 2.01. The molecule has 2 aromatic rings.